The summed E-state index contributed by atoms with van der Waals surface area (Å²) >= 11 is 1.52. The molecule has 0 atom stereocenters. The highest BCUT2D eigenvalue weighted by atomic mass is 32.2. The molecule has 1 aliphatic carbocycles. The lowest BCUT2D eigenvalue weighted by molar-refractivity contribution is 0.282. The smallest absolute Gasteiger partial charge is 0.257 e. The fraction of sp³-hybridized carbons (Fsp3) is 0.375. The van der Waals surface area contributed by atoms with Crippen LogP contribution in [-0.2, 0) is 12.4 Å². The minimum atomic E-state index is 0.00889. The van der Waals surface area contributed by atoms with Crippen molar-refractivity contribution >= 4 is 22.9 Å². The van der Waals surface area contributed by atoms with E-state index in [-0.39, 0.29) is 6.61 Å². The van der Waals surface area contributed by atoms with Gasteiger partial charge < -0.3 is 13.9 Å². The molecule has 1 aromatic carbocycles. The molecule has 1 fully saturated rings. The van der Waals surface area contributed by atoms with Gasteiger partial charge in [0.25, 0.3) is 5.22 Å². The number of fused-ring (bicyclic) bond motifs is 1. The summed E-state index contributed by atoms with van der Waals surface area (Å²) in [6, 6.07) is 5.53. The summed E-state index contributed by atoms with van der Waals surface area (Å²) in [6.07, 6.45) is 5.19. The minimum Gasteiger partial charge on any atom is -0.448 e. The van der Waals surface area contributed by atoms with Crippen molar-refractivity contribution < 1.29 is 13.9 Å². The first-order chi connectivity index (χ1) is 10.8. The molecule has 0 amide bonds. The molecule has 114 valence electrons. The zero-order valence-corrected chi connectivity index (χ0v) is 12.8. The van der Waals surface area contributed by atoms with E-state index in [0.717, 1.165) is 28.1 Å². The molecule has 0 aliphatic heterocycles. The Kier molecular flexibility index (Phi) is 3.63. The fourth-order valence-electron chi connectivity index (χ4n) is 2.63. The average molecular weight is 316 g/mol. The highest BCUT2D eigenvalue weighted by molar-refractivity contribution is 7.98. The van der Waals surface area contributed by atoms with Crippen LogP contribution < -0.4 is 0 Å². The van der Waals surface area contributed by atoms with Gasteiger partial charge in [0.2, 0.25) is 0 Å². The molecule has 1 N–H and O–H groups in total. The van der Waals surface area contributed by atoms with Gasteiger partial charge in [-0.2, -0.15) is 0 Å². The molecule has 0 bridgehead atoms. The summed E-state index contributed by atoms with van der Waals surface area (Å²) in [7, 11) is 0. The maximum atomic E-state index is 9.16. The Bertz CT molecular complexity index is 792. The molecular weight excluding hydrogens is 300 g/mol. The molecule has 6 heteroatoms. The summed E-state index contributed by atoms with van der Waals surface area (Å²) in [6.45, 7) is 0.00889. The molecule has 1 aliphatic rings. The highest BCUT2D eigenvalue weighted by Gasteiger charge is 2.26. The monoisotopic (exact) mass is 316 g/mol. The lowest BCUT2D eigenvalue weighted by Crippen LogP contribution is -2.09. The van der Waals surface area contributed by atoms with Gasteiger partial charge in [0.05, 0.1) is 12.3 Å². The SMILES string of the molecule is OCc1ccc2oc(SCc3ncoc3C3CCC3)nc2c1. The molecule has 0 saturated heterocycles. The van der Waals surface area contributed by atoms with Crippen LogP contribution in [0.3, 0.4) is 0 Å². The van der Waals surface area contributed by atoms with E-state index in [1.54, 1.807) is 0 Å². The predicted octanol–water partition coefficient (Wildman–Crippen LogP) is 3.87. The molecule has 2 aromatic heterocycles. The van der Waals surface area contributed by atoms with Crippen molar-refractivity contribution in [3.63, 3.8) is 0 Å². The number of aromatic nitrogens is 2. The van der Waals surface area contributed by atoms with Crippen molar-refractivity contribution in [2.24, 2.45) is 0 Å². The number of thioether (sulfide) groups is 1. The van der Waals surface area contributed by atoms with Crippen LogP contribution in [0, 0.1) is 0 Å². The van der Waals surface area contributed by atoms with Crippen LogP contribution in [0.5, 0.6) is 0 Å². The van der Waals surface area contributed by atoms with E-state index < -0.39 is 0 Å². The summed E-state index contributed by atoms with van der Waals surface area (Å²) in [4.78, 5) is 8.78. The van der Waals surface area contributed by atoms with Crippen LogP contribution in [-0.4, -0.2) is 15.1 Å². The molecule has 22 heavy (non-hydrogen) atoms. The number of oxazole rings is 2. The molecule has 0 spiro atoms. The van der Waals surface area contributed by atoms with Crippen molar-refractivity contribution in [1.29, 1.82) is 0 Å². The van der Waals surface area contributed by atoms with Crippen LogP contribution in [0.2, 0.25) is 0 Å². The molecule has 2 heterocycles. The van der Waals surface area contributed by atoms with Crippen LogP contribution in [0.15, 0.2) is 38.6 Å². The first-order valence-corrected chi connectivity index (χ1v) is 8.37. The highest BCUT2D eigenvalue weighted by Crippen LogP contribution is 2.39. The molecule has 0 radical (unpaired) electrons. The lowest BCUT2D eigenvalue weighted by atomic mass is 9.83. The van der Waals surface area contributed by atoms with Gasteiger partial charge in [0.15, 0.2) is 12.0 Å². The zero-order chi connectivity index (χ0) is 14.9. The summed E-state index contributed by atoms with van der Waals surface area (Å²) in [5, 5.41) is 9.78. The Morgan fingerprint density at radius 2 is 2.23 bits per heavy atom. The Labute approximate surface area is 131 Å². The number of rotatable bonds is 5. The number of nitrogens with zero attached hydrogens (tertiary/aromatic N) is 2. The Morgan fingerprint density at radius 3 is 3.00 bits per heavy atom. The second-order valence-electron chi connectivity index (χ2n) is 5.52. The van der Waals surface area contributed by atoms with Gasteiger partial charge in [-0.25, -0.2) is 9.97 Å². The van der Waals surface area contributed by atoms with Gasteiger partial charge in [0, 0.05) is 11.7 Å². The first-order valence-electron chi connectivity index (χ1n) is 7.39. The van der Waals surface area contributed by atoms with E-state index in [9.17, 15) is 0 Å². The summed E-state index contributed by atoms with van der Waals surface area (Å²) in [5.74, 6) is 2.26. The fourth-order valence-corrected chi connectivity index (χ4v) is 3.42. The quantitative estimate of drug-likeness (QED) is 0.720. The number of aliphatic hydroxyl groups excluding tert-OH is 1. The normalized spacial score (nSPS) is 15.3. The average Bonchev–Trinajstić information content (AvgIpc) is 3.08. The van der Waals surface area contributed by atoms with Gasteiger partial charge >= 0.3 is 0 Å². The van der Waals surface area contributed by atoms with Gasteiger partial charge in [-0.1, -0.05) is 24.2 Å². The van der Waals surface area contributed by atoms with Crippen molar-refractivity contribution in [2.45, 2.75) is 42.8 Å². The van der Waals surface area contributed by atoms with Crippen molar-refractivity contribution in [1.82, 2.24) is 9.97 Å². The second kappa shape index (κ2) is 5.78. The topological polar surface area (TPSA) is 72.3 Å². The Balaban J connectivity index is 1.50. The van der Waals surface area contributed by atoms with Crippen LogP contribution in [0.25, 0.3) is 11.1 Å². The summed E-state index contributed by atoms with van der Waals surface area (Å²) < 4.78 is 11.3. The maximum Gasteiger partial charge on any atom is 0.257 e. The molecule has 3 aromatic rings. The van der Waals surface area contributed by atoms with Gasteiger partial charge in [0.1, 0.15) is 11.3 Å². The molecule has 1 saturated carbocycles. The van der Waals surface area contributed by atoms with E-state index >= 15 is 0 Å². The van der Waals surface area contributed by atoms with E-state index in [1.807, 2.05) is 18.2 Å². The number of hydrogen-bond donors (Lipinski definition) is 1. The third-order valence-electron chi connectivity index (χ3n) is 4.10. The van der Waals surface area contributed by atoms with Crippen molar-refractivity contribution in [3.8, 4) is 0 Å². The van der Waals surface area contributed by atoms with Crippen molar-refractivity contribution in [2.75, 3.05) is 0 Å². The third kappa shape index (κ3) is 2.53. The van der Waals surface area contributed by atoms with E-state index in [2.05, 4.69) is 9.97 Å². The van der Waals surface area contributed by atoms with Gasteiger partial charge in [-0.15, -0.1) is 0 Å². The first kappa shape index (κ1) is 13.8. The van der Waals surface area contributed by atoms with Gasteiger partial charge in [-0.3, -0.25) is 0 Å². The number of hydrogen-bond acceptors (Lipinski definition) is 6. The molecule has 4 rings (SSSR count). The molecule has 5 nitrogen and oxygen atoms in total. The van der Waals surface area contributed by atoms with E-state index in [1.165, 1.54) is 37.4 Å². The standard InChI is InChI=1S/C16H16N2O3S/c19-7-10-4-5-14-12(6-10)18-16(21-14)22-8-13-15(20-9-17-13)11-2-1-3-11/h4-6,9,11,19H,1-3,7-8H2. The minimum absolute atomic E-state index is 0.00889. The maximum absolute atomic E-state index is 9.16. The van der Waals surface area contributed by atoms with Crippen LogP contribution in [0.1, 0.15) is 42.2 Å². The lowest BCUT2D eigenvalue weighted by Gasteiger charge is -2.23. The van der Waals surface area contributed by atoms with Crippen molar-refractivity contribution in [3.05, 3.63) is 41.6 Å². The largest absolute Gasteiger partial charge is 0.448 e. The molecule has 0 unspecified atom stereocenters. The number of benzene rings is 1. The predicted molar refractivity (Wildman–Crippen MR) is 82.6 cm³/mol. The van der Waals surface area contributed by atoms with Gasteiger partial charge in [-0.05, 0) is 30.5 Å². The van der Waals surface area contributed by atoms with Crippen LogP contribution in [0.4, 0.5) is 0 Å². The third-order valence-corrected chi connectivity index (χ3v) is 4.94. The zero-order valence-electron chi connectivity index (χ0n) is 12.0. The van der Waals surface area contributed by atoms with E-state index in [4.69, 9.17) is 13.9 Å². The molecular formula is C16H16N2O3S. The Hall–Kier alpha value is -1.79. The second-order valence-corrected chi connectivity index (χ2v) is 6.45. The Morgan fingerprint density at radius 1 is 1.32 bits per heavy atom. The summed E-state index contributed by atoms with van der Waals surface area (Å²) in [5.41, 5.74) is 3.33. The number of aliphatic hydroxyl groups is 1. The van der Waals surface area contributed by atoms with Crippen LogP contribution >= 0.6 is 11.8 Å². The van der Waals surface area contributed by atoms with E-state index in [0.29, 0.717) is 16.9 Å².